The van der Waals surface area contributed by atoms with Crippen LogP contribution >= 0.6 is 0 Å². The first kappa shape index (κ1) is 15.0. The molecule has 0 fully saturated rings. The van der Waals surface area contributed by atoms with E-state index in [2.05, 4.69) is 50.4 Å². The molecule has 2 aromatic rings. The van der Waals surface area contributed by atoms with Gasteiger partial charge in [0.15, 0.2) is 0 Å². The third kappa shape index (κ3) is 3.04. The minimum atomic E-state index is 0.522. The van der Waals surface area contributed by atoms with Crippen molar-refractivity contribution in [1.29, 1.82) is 0 Å². The van der Waals surface area contributed by atoms with Gasteiger partial charge in [-0.15, -0.1) is 0 Å². The standard InChI is InChI=1S/C17H27N3/c1-5-13(6-2)15(18-7-3)12-16-14-10-8-9-11-17(14)20(4)19-16/h8-11,13,15,18H,5-7,12H2,1-4H3. The van der Waals surface area contributed by atoms with Crippen LogP contribution in [0.25, 0.3) is 10.9 Å². The first-order chi connectivity index (χ1) is 9.71. The maximum atomic E-state index is 4.74. The second-order valence-electron chi connectivity index (χ2n) is 5.53. The Bertz CT molecular complexity index is 540. The number of benzene rings is 1. The molecule has 0 amide bonds. The minimum Gasteiger partial charge on any atom is -0.314 e. The van der Waals surface area contributed by atoms with Gasteiger partial charge in [0.2, 0.25) is 0 Å². The van der Waals surface area contributed by atoms with Crippen molar-refractivity contribution in [3.05, 3.63) is 30.0 Å². The summed E-state index contributed by atoms with van der Waals surface area (Å²) in [6.45, 7) is 7.78. The van der Waals surface area contributed by atoms with Crippen LogP contribution in [-0.2, 0) is 13.5 Å². The third-order valence-electron chi connectivity index (χ3n) is 4.33. The highest BCUT2D eigenvalue weighted by atomic mass is 15.3. The molecule has 3 heteroatoms. The van der Waals surface area contributed by atoms with Crippen LogP contribution in [0, 0.1) is 5.92 Å². The number of nitrogens with one attached hydrogen (secondary N) is 1. The van der Waals surface area contributed by atoms with E-state index in [1.165, 1.54) is 29.4 Å². The van der Waals surface area contributed by atoms with Crippen LogP contribution in [0.3, 0.4) is 0 Å². The normalized spacial score (nSPS) is 13.2. The lowest BCUT2D eigenvalue weighted by Gasteiger charge is -2.25. The maximum Gasteiger partial charge on any atom is 0.0718 e. The number of fused-ring (bicyclic) bond motifs is 1. The number of hydrogen-bond acceptors (Lipinski definition) is 2. The fourth-order valence-corrected chi connectivity index (χ4v) is 3.17. The molecule has 1 heterocycles. The molecule has 0 radical (unpaired) electrons. The van der Waals surface area contributed by atoms with E-state index in [-0.39, 0.29) is 0 Å². The van der Waals surface area contributed by atoms with Crippen molar-refractivity contribution in [3.63, 3.8) is 0 Å². The van der Waals surface area contributed by atoms with E-state index in [1.807, 2.05) is 11.7 Å². The van der Waals surface area contributed by atoms with E-state index in [0.717, 1.165) is 18.9 Å². The average Bonchev–Trinajstić information content (AvgIpc) is 2.78. The second kappa shape index (κ2) is 6.89. The predicted molar refractivity (Wildman–Crippen MR) is 86.0 cm³/mol. The number of nitrogens with zero attached hydrogens (tertiary/aromatic N) is 2. The molecule has 1 atom stereocenters. The Kier molecular flexibility index (Phi) is 5.18. The molecule has 3 nitrogen and oxygen atoms in total. The molecule has 1 aromatic carbocycles. The Morgan fingerprint density at radius 3 is 2.50 bits per heavy atom. The van der Waals surface area contributed by atoms with Crippen molar-refractivity contribution in [1.82, 2.24) is 15.1 Å². The molecule has 0 aliphatic rings. The van der Waals surface area contributed by atoms with Crippen LogP contribution in [0.1, 0.15) is 39.3 Å². The lowest BCUT2D eigenvalue weighted by Crippen LogP contribution is -2.37. The molecule has 1 aromatic heterocycles. The number of hydrogen-bond donors (Lipinski definition) is 1. The number of likely N-dealkylation sites (N-methyl/N-ethyl adjacent to an activating group) is 1. The van der Waals surface area contributed by atoms with Crippen molar-refractivity contribution in [2.24, 2.45) is 13.0 Å². The SMILES string of the molecule is CCNC(Cc1nn(C)c2ccccc12)C(CC)CC. The van der Waals surface area contributed by atoms with Gasteiger partial charge in [0, 0.05) is 24.9 Å². The molecule has 0 spiro atoms. The van der Waals surface area contributed by atoms with Crippen molar-refractivity contribution in [2.45, 2.75) is 46.1 Å². The maximum absolute atomic E-state index is 4.74. The zero-order valence-corrected chi connectivity index (χ0v) is 13.2. The van der Waals surface area contributed by atoms with Gasteiger partial charge in [0.1, 0.15) is 0 Å². The van der Waals surface area contributed by atoms with Crippen LogP contribution in [-0.4, -0.2) is 22.4 Å². The highest BCUT2D eigenvalue weighted by Crippen LogP contribution is 2.22. The molecule has 0 aliphatic heterocycles. The Hall–Kier alpha value is -1.35. The van der Waals surface area contributed by atoms with Crippen molar-refractivity contribution < 1.29 is 0 Å². The van der Waals surface area contributed by atoms with Gasteiger partial charge in [-0.1, -0.05) is 51.8 Å². The Morgan fingerprint density at radius 1 is 1.15 bits per heavy atom. The van der Waals surface area contributed by atoms with Gasteiger partial charge >= 0.3 is 0 Å². The molecule has 1 unspecified atom stereocenters. The summed E-state index contributed by atoms with van der Waals surface area (Å²) >= 11 is 0. The zero-order valence-electron chi connectivity index (χ0n) is 13.2. The van der Waals surface area contributed by atoms with E-state index < -0.39 is 0 Å². The van der Waals surface area contributed by atoms with E-state index in [1.54, 1.807) is 0 Å². The van der Waals surface area contributed by atoms with Gasteiger partial charge in [-0.2, -0.15) is 5.10 Å². The molecule has 0 aliphatic carbocycles. The van der Waals surface area contributed by atoms with Crippen molar-refractivity contribution in [2.75, 3.05) is 6.54 Å². The molecular formula is C17H27N3. The number of aryl methyl sites for hydroxylation is 1. The quantitative estimate of drug-likeness (QED) is 0.836. The molecule has 110 valence electrons. The van der Waals surface area contributed by atoms with Crippen LogP contribution in [0.15, 0.2) is 24.3 Å². The van der Waals surface area contributed by atoms with Crippen LogP contribution in [0.5, 0.6) is 0 Å². The van der Waals surface area contributed by atoms with Crippen LogP contribution in [0.2, 0.25) is 0 Å². The first-order valence-electron chi connectivity index (χ1n) is 7.85. The minimum absolute atomic E-state index is 0.522. The molecular weight excluding hydrogens is 246 g/mol. The summed E-state index contributed by atoms with van der Waals surface area (Å²) in [5.41, 5.74) is 2.45. The summed E-state index contributed by atoms with van der Waals surface area (Å²) in [7, 11) is 2.03. The second-order valence-corrected chi connectivity index (χ2v) is 5.53. The summed E-state index contributed by atoms with van der Waals surface area (Å²) in [5.74, 6) is 0.718. The Labute approximate surface area is 122 Å². The predicted octanol–water partition coefficient (Wildman–Crippen LogP) is 3.53. The lowest BCUT2D eigenvalue weighted by molar-refractivity contribution is 0.335. The van der Waals surface area contributed by atoms with Crippen LogP contribution in [0.4, 0.5) is 0 Å². The van der Waals surface area contributed by atoms with Crippen LogP contribution < -0.4 is 5.32 Å². The number of aromatic nitrogens is 2. The molecule has 0 saturated heterocycles. The van der Waals surface area contributed by atoms with E-state index >= 15 is 0 Å². The van der Waals surface area contributed by atoms with Crippen molar-refractivity contribution in [3.8, 4) is 0 Å². The summed E-state index contributed by atoms with van der Waals surface area (Å²) in [6.07, 6.45) is 3.46. The van der Waals surface area contributed by atoms with Gasteiger partial charge in [0.25, 0.3) is 0 Å². The van der Waals surface area contributed by atoms with Gasteiger partial charge < -0.3 is 5.32 Å². The Balaban J connectivity index is 2.28. The highest BCUT2D eigenvalue weighted by Gasteiger charge is 2.20. The zero-order chi connectivity index (χ0) is 14.5. The van der Waals surface area contributed by atoms with Gasteiger partial charge in [0.05, 0.1) is 11.2 Å². The fourth-order valence-electron chi connectivity index (χ4n) is 3.17. The molecule has 0 saturated carbocycles. The van der Waals surface area contributed by atoms with Crippen molar-refractivity contribution >= 4 is 10.9 Å². The monoisotopic (exact) mass is 273 g/mol. The first-order valence-corrected chi connectivity index (χ1v) is 7.85. The van der Waals surface area contributed by atoms with E-state index in [9.17, 15) is 0 Å². The number of para-hydroxylation sites is 1. The summed E-state index contributed by atoms with van der Waals surface area (Å²) in [5, 5.41) is 9.69. The van der Waals surface area contributed by atoms with Gasteiger partial charge in [-0.25, -0.2) is 0 Å². The van der Waals surface area contributed by atoms with E-state index in [4.69, 9.17) is 5.10 Å². The summed E-state index contributed by atoms with van der Waals surface area (Å²) < 4.78 is 2.00. The average molecular weight is 273 g/mol. The summed E-state index contributed by atoms with van der Waals surface area (Å²) in [4.78, 5) is 0. The molecule has 2 rings (SSSR count). The fraction of sp³-hybridized carbons (Fsp3) is 0.588. The third-order valence-corrected chi connectivity index (χ3v) is 4.33. The number of rotatable bonds is 7. The highest BCUT2D eigenvalue weighted by molar-refractivity contribution is 5.81. The molecule has 0 bridgehead atoms. The van der Waals surface area contributed by atoms with Gasteiger partial charge in [-0.05, 0) is 18.5 Å². The lowest BCUT2D eigenvalue weighted by atomic mass is 9.90. The smallest absolute Gasteiger partial charge is 0.0718 e. The molecule has 1 N–H and O–H groups in total. The van der Waals surface area contributed by atoms with Gasteiger partial charge in [-0.3, -0.25) is 4.68 Å². The summed E-state index contributed by atoms with van der Waals surface area (Å²) in [6, 6.07) is 9.04. The molecule has 20 heavy (non-hydrogen) atoms. The topological polar surface area (TPSA) is 29.9 Å². The largest absolute Gasteiger partial charge is 0.314 e. The van der Waals surface area contributed by atoms with E-state index in [0.29, 0.717) is 6.04 Å². The Morgan fingerprint density at radius 2 is 1.85 bits per heavy atom.